The summed E-state index contributed by atoms with van der Waals surface area (Å²) in [6, 6.07) is 23.0. The third-order valence-corrected chi connectivity index (χ3v) is 6.87. The lowest BCUT2D eigenvalue weighted by molar-refractivity contribution is -0.115. The van der Waals surface area contributed by atoms with Crippen LogP contribution in [0.5, 0.6) is 0 Å². The second-order valence-electron chi connectivity index (χ2n) is 9.43. The summed E-state index contributed by atoms with van der Waals surface area (Å²) < 4.78 is 0. The molecule has 196 valence electrons. The number of halogens is 1. The lowest BCUT2D eigenvalue weighted by Crippen LogP contribution is -2.48. The number of piperazine rings is 1. The van der Waals surface area contributed by atoms with Gasteiger partial charge in [-0.3, -0.25) is 14.9 Å². The molecule has 0 aliphatic carbocycles. The lowest BCUT2D eigenvalue weighted by Gasteiger charge is -2.36. The fourth-order valence-electron chi connectivity index (χ4n) is 4.18. The number of anilines is 2. The molecule has 6 nitrogen and oxygen atoms in total. The van der Waals surface area contributed by atoms with Gasteiger partial charge in [0.1, 0.15) is 0 Å². The zero-order valence-corrected chi connectivity index (χ0v) is 23.1. The highest BCUT2D eigenvalue weighted by Crippen LogP contribution is 2.21. The minimum absolute atomic E-state index is 0.0234. The monoisotopic (exact) mass is 546 g/mol. The van der Waals surface area contributed by atoms with Crippen LogP contribution >= 0.6 is 23.8 Å². The maximum absolute atomic E-state index is 12.7. The summed E-state index contributed by atoms with van der Waals surface area (Å²) in [5, 5.41) is 6.58. The molecule has 3 aromatic rings. The average Bonchev–Trinajstić information content (AvgIpc) is 2.92. The summed E-state index contributed by atoms with van der Waals surface area (Å²) in [4.78, 5) is 29.1. The van der Waals surface area contributed by atoms with E-state index in [4.69, 9.17) is 23.8 Å². The molecular formula is C30H31ClN4O2S. The van der Waals surface area contributed by atoms with Crippen LogP contribution in [-0.4, -0.2) is 48.0 Å². The smallest absolute Gasteiger partial charge is 0.253 e. The van der Waals surface area contributed by atoms with Gasteiger partial charge in [-0.05, 0) is 83.9 Å². The molecule has 1 heterocycles. The quantitative estimate of drug-likeness (QED) is 0.295. The Labute approximate surface area is 234 Å². The van der Waals surface area contributed by atoms with Gasteiger partial charge in [0.2, 0.25) is 5.91 Å². The minimum Gasteiger partial charge on any atom is -0.368 e. The number of hydrogen-bond acceptors (Lipinski definition) is 4. The number of amides is 2. The molecule has 4 rings (SSSR count). The van der Waals surface area contributed by atoms with Gasteiger partial charge in [-0.1, -0.05) is 49.7 Å². The molecule has 1 fully saturated rings. The highest BCUT2D eigenvalue weighted by atomic mass is 35.5. The number of rotatable bonds is 6. The van der Waals surface area contributed by atoms with Crippen LogP contribution in [0.2, 0.25) is 5.02 Å². The standard InChI is InChI=1S/C30H31ClN4O2S/c1-21(2)23-6-3-22(4-7-23)5-16-28(36)33-30(38)32-26-12-14-27(15-13-26)34-17-19-35(20-18-34)29(37)24-8-10-25(31)11-9-24/h3-16,21H,17-20H2,1-2H3,(H2,32,33,36,38). The molecule has 1 aliphatic rings. The maximum Gasteiger partial charge on any atom is 0.253 e. The van der Waals surface area contributed by atoms with Gasteiger partial charge in [-0.25, -0.2) is 0 Å². The van der Waals surface area contributed by atoms with Gasteiger partial charge in [-0.2, -0.15) is 0 Å². The molecule has 1 saturated heterocycles. The first-order valence-electron chi connectivity index (χ1n) is 12.6. The second kappa shape index (κ2) is 12.7. The van der Waals surface area contributed by atoms with Crippen LogP contribution in [0.25, 0.3) is 6.08 Å². The summed E-state index contributed by atoms with van der Waals surface area (Å²) in [7, 11) is 0. The molecule has 0 aromatic heterocycles. The molecule has 0 saturated carbocycles. The number of nitrogens with zero attached hydrogens (tertiary/aromatic N) is 2. The molecule has 0 atom stereocenters. The summed E-state index contributed by atoms with van der Waals surface area (Å²) >= 11 is 11.2. The molecule has 0 radical (unpaired) electrons. The topological polar surface area (TPSA) is 64.7 Å². The SMILES string of the molecule is CC(C)c1ccc(C=CC(=O)NC(=S)Nc2ccc(N3CCN(C(=O)c4ccc(Cl)cc4)CC3)cc2)cc1. The first-order valence-corrected chi connectivity index (χ1v) is 13.4. The van der Waals surface area contributed by atoms with E-state index < -0.39 is 0 Å². The van der Waals surface area contributed by atoms with Gasteiger partial charge in [0, 0.05) is 54.2 Å². The van der Waals surface area contributed by atoms with E-state index in [1.807, 2.05) is 41.3 Å². The Morgan fingerprint density at radius 3 is 2.13 bits per heavy atom. The summed E-state index contributed by atoms with van der Waals surface area (Å²) in [5.41, 5.74) is 4.71. The van der Waals surface area contributed by atoms with Crippen molar-refractivity contribution in [3.8, 4) is 0 Å². The Hall–Kier alpha value is -3.68. The van der Waals surface area contributed by atoms with Crippen molar-refractivity contribution < 1.29 is 9.59 Å². The van der Waals surface area contributed by atoms with Crippen molar-refractivity contribution in [1.82, 2.24) is 10.2 Å². The van der Waals surface area contributed by atoms with E-state index in [2.05, 4.69) is 41.5 Å². The largest absolute Gasteiger partial charge is 0.368 e. The average molecular weight is 547 g/mol. The first-order chi connectivity index (χ1) is 18.3. The predicted molar refractivity (Wildman–Crippen MR) is 160 cm³/mol. The fraction of sp³-hybridized carbons (Fsp3) is 0.233. The third kappa shape index (κ3) is 7.43. The Morgan fingerprint density at radius 2 is 1.53 bits per heavy atom. The molecule has 0 unspecified atom stereocenters. The summed E-state index contributed by atoms with van der Waals surface area (Å²) in [5.74, 6) is 0.198. The number of hydrogen-bond donors (Lipinski definition) is 2. The van der Waals surface area contributed by atoms with Gasteiger partial charge >= 0.3 is 0 Å². The molecule has 2 amide bonds. The number of thiocarbonyl (C=S) groups is 1. The molecule has 0 spiro atoms. The molecule has 0 bridgehead atoms. The van der Waals surface area contributed by atoms with E-state index >= 15 is 0 Å². The van der Waals surface area contributed by atoms with E-state index in [-0.39, 0.29) is 16.9 Å². The first kappa shape index (κ1) is 27.4. The van der Waals surface area contributed by atoms with E-state index in [0.717, 1.165) is 30.0 Å². The number of carbonyl (C=O) groups excluding carboxylic acids is 2. The molecule has 8 heteroatoms. The molecule has 2 N–H and O–H groups in total. The van der Waals surface area contributed by atoms with Gasteiger partial charge in [0.15, 0.2) is 5.11 Å². The van der Waals surface area contributed by atoms with Crippen LogP contribution in [0.1, 0.15) is 41.3 Å². The maximum atomic E-state index is 12.7. The van der Waals surface area contributed by atoms with Gasteiger partial charge in [0.05, 0.1) is 0 Å². The summed E-state index contributed by atoms with van der Waals surface area (Å²) in [6.07, 6.45) is 3.23. The zero-order valence-electron chi connectivity index (χ0n) is 21.5. The fourth-order valence-corrected chi connectivity index (χ4v) is 4.52. The van der Waals surface area contributed by atoms with Crippen molar-refractivity contribution >= 4 is 58.2 Å². The Balaban J connectivity index is 1.23. The minimum atomic E-state index is -0.293. The number of carbonyl (C=O) groups is 2. The van der Waals surface area contributed by atoms with Crippen LogP contribution in [0, 0.1) is 0 Å². The highest BCUT2D eigenvalue weighted by molar-refractivity contribution is 7.80. The van der Waals surface area contributed by atoms with Crippen molar-refractivity contribution in [1.29, 1.82) is 0 Å². The molecule has 3 aromatic carbocycles. The summed E-state index contributed by atoms with van der Waals surface area (Å²) in [6.45, 7) is 7.07. The normalized spacial score (nSPS) is 13.6. The van der Waals surface area contributed by atoms with E-state index in [9.17, 15) is 9.59 Å². The van der Waals surface area contributed by atoms with E-state index in [0.29, 0.717) is 29.6 Å². The molecular weight excluding hydrogens is 516 g/mol. The van der Waals surface area contributed by atoms with Crippen LogP contribution in [0.15, 0.2) is 78.9 Å². The van der Waals surface area contributed by atoms with Crippen molar-refractivity contribution in [3.05, 3.63) is 101 Å². The Kier molecular flexibility index (Phi) is 9.15. The van der Waals surface area contributed by atoms with Crippen molar-refractivity contribution in [2.24, 2.45) is 0 Å². The Bertz CT molecular complexity index is 1300. The number of nitrogens with one attached hydrogen (secondary N) is 2. The van der Waals surface area contributed by atoms with Crippen LogP contribution < -0.4 is 15.5 Å². The van der Waals surface area contributed by atoms with Crippen molar-refractivity contribution in [2.45, 2.75) is 19.8 Å². The van der Waals surface area contributed by atoms with Gasteiger partial charge < -0.3 is 15.1 Å². The van der Waals surface area contributed by atoms with Crippen LogP contribution in [-0.2, 0) is 4.79 Å². The van der Waals surface area contributed by atoms with Crippen LogP contribution in [0.4, 0.5) is 11.4 Å². The van der Waals surface area contributed by atoms with Gasteiger partial charge in [-0.15, -0.1) is 0 Å². The highest BCUT2D eigenvalue weighted by Gasteiger charge is 2.22. The van der Waals surface area contributed by atoms with E-state index in [1.165, 1.54) is 11.6 Å². The third-order valence-electron chi connectivity index (χ3n) is 6.42. The second-order valence-corrected chi connectivity index (χ2v) is 10.3. The van der Waals surface area contributed by atoms with Crippen molar-refractivity contribution in [2.75, 3.05) is 36.4 Å². The van der Waals surface area contributed by atoms with Gasteiger partial charge in [0.25, 0.3) is 5.91 Å². The molecule has 38 heavy (non-hydrogen) atoms. The Morgan fingerprint density at radius 1 is 0.895 bits per heavy atom. The van der Waals surface area contributed by atoms with E-state index in [1.54, 1.807) is 30.3 Å². The lowest BCUT2D eigenvalue weighted by atomic mass is 10.0. The number of benzene rings is 3. The van der Waals surface area contributed by atoms with Crippen LogP contribution in [0.3, 0.4) is 0 Å². The van der Waals surface area contributed by atoms with Crippen molar-refractivity contribution in [3.63, 3.8) is 0 Å². The zero-order chi connectivity index (χ0) is 27.1. The predicted octanol–water partition coefficient (Wildman–Crippen LogP) is 5.95. The molecule has 1 aliphatic heterocycles.